The summed E-state index contributed by atoms with van der Waals surface area (Å²) in [6.45, 7) is 2.61. The molecule has 1 aromatic heterocycles. The summed E-state index contributed by atoms with van der Waals surface area (Å²) in [4.78, 5) is 3.98. The summed E-state index contributed by atoms with van der Waals surface area (Å²) >= 11 is 12.3. The molecule has 2 aromatic rings. The molecule has 3 unspecified atom stereocenters. The largest absolute Gasteiger partial charge is 0.387 e. The predicted molar refractivity (Wildman–Crippen MR) is 91.6 cm³/mol. The zero-order valence-electron chi connectivity index (χ0n) is 13.1. The van der Waals surface area contributed by atoms with Gasteiger partial charge in [-0.05, 0) is 48.8 Å². The van der Waals surface area contributed by atoms with Crippen LogP contribution in [-0.4, -0.2) is 25.5 Å². The van der Waals surface area contributed by atoms with Crippen molar-refractivity contribution in [3.8, 4) is 0 Å². The summed E-state index contributed by atoms with van der Waals surface area (Å²) in [5, 5.41) is 16.9. The van der Waals surface area contributed by atoms with Crippen molar-refractivity contribution in [3.05, 3.63) is 46.5 Å². The van der Waals surface area contributed by atoms with Gasteiger partial charge in [-0.15, -0.1) is 0 Å². The van der Waals surface area contributed by atoms with E-state index in [1.54, 1.807) is 17.1 Å². The third-order valence-electron chi connectivity index (χ3n) is 5.13. The second kappa shape index (κ2) is 6.80. The third kappa shape index (κ3) is 3.39. The normalized spacial score (nSPS) is 27.5. The number of aromatic nitrogens is 3. The molecule has 0 spiro atoms. The molecule has 0 radical (unpaired) electrons. The molecule has 1 aliphatic carbocycles. The van der Waals surface area contributed by atoms with Gasteiger partial charge in [-0.3, -0.25) is 4.68 Å². The van der Waals surface area contributed by atoms with Crippen molar-refractivity contribution < 1.29 is 5.11 Å². The molecule has 1 aromatic carbocycles. The Bertz CT molecular complexity index is 662. The van der Waals surface area contributed by atoms with Crippen molar-refractivity contribution in [3.63, 3.8) is 0 Å². The summed E-state index contributed by atoms with van der Waals surface area (Å²) in [6, 6.07) is 5.58. The first-order chi connectivity index (χ1) is 11.0. The molecular formula is C17H21Cl2N3O. The highest BCUT2D eigenvalue weighted by atomic mass is 35.5. The van der Waals surface area contributed by atoms with Crippen LogP contribution in [0, 0.1) is 11.8 Å². The van der Waals surface area contributed by atoms with E-state index >= 15 is 0 Å². The number of rotatable bonds is 5. The van der Waals surface area contributed by atoms with Gasteiger partial charge in [0.15, 0.2) is 0 Å². The van der Waals surface area contributed by atoms with Gasteiger partial charge < -0.3 is 5.11 Å². The Morgan fingerprint density at radius 3 is 2.74 bits per heavy atom. The van der Waals surface area contributed by atoms with E-state index in [1.807, 2.05) is 12.1 Å². The van der Waals surface area contributed by atoms with Crippen LogP contribution in [0.3, 0.4) is 0 Å². The first kappa shape index (κ1) is 16.7. The fourth-order valence-corrected chi connectivity index (χ4v) is 4.34. The Morgan fingerprint density at radius 2 is 2.09 bits per heavy atom. The van der Waals surface area contributed by atoms with Crippen LogP contribution in [-0.2, 0) is 13.0 Å². The van der Waals surface area contributed by atoms with E-state index in [9.17, 15) is 5.11 Å². The minimum atomic E-state index is -0.786. The van der Waals surface area contributed by atoms with E-state index < -0.39 is 5.60 Å². The van der Waals surface area contributed by atoms with E-state index in [1.165, 1.54) is 6.33 Å². The average molecular weight is 354 g/mol. The maximum absolute atomic E-state index is 11.4. The number of aliphatic hydroxyl groups is 1. The molecule has 1 aliphatic rings. The Kier molecular flexibility index (Phi) is 4.95. The molecule has 1 fully saturated rings. The SMILES string of the molecule is CCC1CCC(Cc2ccc(Cl)cc2Cl)C1(O)Cn1cncn1. The maximum atomic E-state index is 11.4. The van der Waals surface area contributed by atoms with Crippen LogP contribution >= 0.6 is 23.2 Å². The quantitative estimate of drug-likeness (QED) is 0.883. The minimum absolute atomic E-state index is 0.148. The summed E-state index contributed by atoms with van der Waals surface area (Å²) in [5.74, 6) is 0.415. The number of hydrogen-bond donors (Lipinski definition) is 1. The summed E-state index contributed by atoms with van der Waals surface area (Å²) in [7, 11) is 0. The standard InChI is InChI=1S/C17H21Cl2N3O/c1-2-13-4-5-14(7-12-3-6-15(18)8-16(12)19)17(13,23)9-22-11-20-10-21-22/h3,6,8,10-11,13-14,23H,2,4-5,7,9H2,1H3. The Balaban J connectivity index is 1.84. The van der Waals surface area contributed by atoms with Gasteiger partial charge in [-0.1, -0.05) is 42.6 Å². The van der Waals surface area contributed by atoms with E-state index in [2.05, 4.69) is 17.0 Å². The van der Waals surface area contributed by atoms with Crippen LogP contribution < -0.4 is 0 Å². The van der Waals surface area contributed by atoms with Crippen LogP contribution in [0.15, 0.2) is 30.9 Å². The monoisotopic (exact) mass is 353 g/mol. The van der Waals surface area contributed by atoms with Crippen molar-refractivity contribution in [2.75, 3.05) is 0 Å². The minimum Gasteiger partial charge on any atom is -0.387 e. The zero-order valence-corrected chi connectivity index (χ0v) is 14.6. The van der Waals surface area contributed by atoms with E-state index in [-0.39, 0.29) is 11.8 Å². The van der Waals surface area contributed by atoms with E-state index in [0.717, 1.165) is 31.2 Å². The van der Waals surface area contributed by atoms with Crippen molar-refractivity contribution >= 4 is 23.2 Å². The van der Waals surface area contributed by atoms with Crippen molar-refractivity contribution in [2.45, 2.75) is 44.8 Å². The molecule has 1 N–H and O–H groups in total. The van der Waals surface area contributed by atoms with Crippen molar-refractivity contribution in [2.24, 2.45) is 11.8 Å². The van der Waals surface area contributed by atoms with Gasteiger partial charge in [0.25, 0.3) is 0 Å². The highest BCUT2D eigenvalue weighted by Gasteiger charge is 2.48. The van der Waals surface area contributed by atoms with Gasteiger partial charge in [0.2, 0.25) is 0 Å². The van der Waals surface area contributed by atoms with Crippen molar-refractivity contribution in [1.29, 1.82) is 0 Å². The third-order valence-corrected chi connectivity index (χ3v) is 5.72. The van der Waals surface area contributed by atoms with E-state index in [4.69, 9.17) is 23.2 Å². The van der Waals surface area contributed by atoms with Crippen LogP contribution in [0.1, 0.15) is 31.7 Å². The molecule has 3 atom stereocenters. The zero-order chi connectivity index (χ0) is 16.4. The lowest BCUT2D eigenvalue weighted by atomic mass is 9.79. The fourth-order valence-electron chi connectivity index (χ4n) is 3.86. The number of nitrogens with zero attached hydrogens (tertiary/aromatic N) is 3. The molecule has 3 rings (SSSR count). The molecule has 0 saturated heterocycles. The van der Waals surface area contributed by atoms with Crippen molar-refractivity contribution in [1.82, 2.24) is 14.8 Å². The smallest absolute Gasteiger partial charge is 0.137 e. The van der Waals surface area contributed by atoms with E-state index in [0.29, 0.717) is 16.6 Å². The first-order valence-electron chi connectivity index (χ1n) is 8.01. The lowest BCUT2D eigenvalue weighted by Crippen LogP contribution is -2.44. The van der Waals surface area contributed by atoms with Gasteiger partial charge in [-0.25, -0.2) is 4.98 Å². The number of hydrogen-bond acceptors (Lipinski definition) is 3. The predicted octanol–water partition coefficient (Wildman–Crippen LogP) is 3.99. The molecule has 4 nitrogen and oxygen atoms in total. The highest BCUT2D eigenvalue weighted by Crippen LogP contribution is 2.45. The molecule has 1 saturated carbocycles. The van der Waals surface area contributed by atoms with Crippen LogP contribution in [0.4, 0.5) is 0 Å². The second-order valence-electron chi connectivity index (χ2n) is 6.40. The maximum Gasteiger partial charge on any atom is 0.137 e. The molecular weight excluding hydrogens is 333 g/mol. The summed E-state index contributed by atoms with van der Waals surface area (Å²) < 4.78 is 1.73. The number of halogens is 2. The second-order valence-corrected chi connectivity index (χ2v) is 7.25. The lowest BCUT2D eigenvalue weighted by molar-refractivity contribution is -0.0545. The van der Waals surface area contributed by atoms with Gasteiger partial charge in [0.05, 0.1) is 12.1 Å². The highest BCUT2D eigenvalue weighted by molar-refractivity contribution is 6.35. The van der Waals surface area contributed by atoms with Gasteiger partial charge in [0, 0.05) is 10.0 Å². The molecule has 0 aliphatic heterocycles. The van der Waals surface area contributed by atoms with Gasteiger partial charge in [0.1, 0.15) is 12.7 Å². The number of benzene rings is 1. The summed E-state index contributed by atoms with van der Waals surface area (Å²) in [6.07, 6.45) is 6.88. The Hall–Kier alpha value is -1.10. The van der Waals surface area contributed by atoms with Crippen LogP contribution in [0.25, 0.3) is 0 Å². The molecule has 6 heteroatoms. The topological polar surface area (TPSA) is 50.9 Å². The Labute approximate surface area is 146 Å². The molecule has 124 valence electrons. The van der Waals surface area contributed by atoms with Gasteiger partial charge >= 0.3 is 0 Å². The average Bonchev–Trinajstić information content (AvgIpc) is 3.11. The van der Waals surface area contributed by atoms with Crippen LogP contribution in [0.5, 0.6) is 0 Å². The van der Waals surface area contributed by atoms with Gasteiger partial charge in [-0.2, -0.15) is 5.10 Å². The molecule has 0 bridgehead atoms. The van der Waals surface area contributed by atoms with Crippen LogP contribution in [0.2, 0.25) is 10.0 Å². The fraction of sp³-hybridized carbons (Fsp3) is 0.529. The first-order valence-corrected chi connectivity index (χ1v) is 8.77. The molecule has 0 amide bonds. The lowest BCUT2D eigenvalue weighted by Gasteiger charge is -2.35. The Morgan fingerprint density at radius 1 is 1.30 bits per heavy atom. The summed E-state index contributed by atoms with van der Waals surface area (Å²) in [5.41, 5.74) is 0.251. The molecule has 1 heterocycles. The molecule has 23 heavy (non-hydrogen) atoms.